The Hall–Kier alpha value is -1.60. The summed E-state index contributed by atoms with van der Waals surface area (Å²) in [5.74, 6) is -4.82. The van der Waals surface area contributed by atoms with E-state index in [4.69, 9.17) is 0 Å². The van der Waals surface area contributed by atoms with Crippen LogP contribution in [0.2, 0.25) is 0 Å². The Kier molecular flexibility index (Phi) is 5.31. The van der Waals surface area contributed by atoms with Gasteiger partial charge in [-0.05, 0) is 24.1 Å². The minimum Gasteiger partial charge on any atom is -0.390 e. The van der Waals surface area contributed by atoms with Crippen LogP contribution in [-0.2, 0) is 4.79 Å². The molecule has 106 valence electrons. The maximum atomic E-state index is 13.0. The molecule has 0 aliphatic heterocycles. The number of nitrogens with one attached hydrogen (secondary N) is 1. The number of carbonyl (C=O) groups is 1. The monoisotopic (exact) mass is 277 g/mol. The van der Waals surface area contributed by atoms with Gasteiger partial charge in [-0.2, -0.15) is 0 Å². The lowest BCUT2D eigenvalue weighted by atomic mass is 10.0. The van der Waals surface area contributed by atoms with Crippen LogP contribution in [0.5, 0.6) is 0 Å². The molecule has 4 nitrogen and oxygen atoms in total. The molecule has 0 aliphatic rings. The molecule has 0 aliphatic carbocycles. The third kappa shape index (κ3) is 4.22. The van der Waals surface area contributed by atoms with Gasteiger partial charge in [0.25, 0.3) is 0 Å². The minimum atomic E-state index is -1.64. The van der Waals surface area contributed by atoms with E-state index in [0.29, 0.717) is 12.1 Å². The average molecular weight is 277 g/mol. The van der Waals surface area contributed by atoms with Crippen molar-refractivity contribution >= 4 is 5.91 Å². The van der Waals surface area contributed by atoms with E-state index in [9.17, 15) is 28.2 Å². The second-order valence-electron chi connectivity index (χ2n) is 4.08. The molecule has 1 aromatic carbocycles. The molecular weight excluding hydrogens is 263 g/mol. The van der Waals surface area contributed by atoms with Crippen LogP contribution in [0.3, 0.4) is 0 Å². The highest BCUT2D eigenvalue weighted by molar-refractivity contribution is 5.72. The van der Waals surface area contributed by atoms with Gasteiger partial charge in [-0.15, -0.1) is 0 Å². The lowest BCUT2D eigenvalue weighted by molar-refractivity contribution is -0.119. The van der Waals surface area contributed by atoms with Crippen LogP contribution >= 0.6 is 0 Å². The third-order valence-electron chi connectivity index (χ3n) is 2.53. The standard InChI is InChI=1S/C12H14F3NO3/c1-6(17)16-3-2-10(18)12(19)7-4-8(13)11(15)9(14)5-7/h4-5,10,12,18-19H,2-3H2,1H3,(H,16,17). The van der Waals surface area contributed by atoms with E-state index in [2.05, 4.69) is 5.32 Å². The van der Waals surface area contributed by atoms with Crippen molar-refractivity contribution in [3.8, 4) is 0 Å². The SMILES string of the molecule is CC(=O)NCCC(O)C(O)c1cc(F)c(F)c(F)c1. The molecule has 1 amide bonds. The van der Waals surface area contributed by atoms with Gasteiger partial charge in [0.1, 0.15) is 6.10 Å². The fourth-order valence-corrected chi connectivity index (χ4v) is 1.52. The van der Waals surface area contributed by atoms with E-state index in [1.54, 1.807) is 0 Å². The van der Waals surface area contributed by atoms with Crippen LogP contribution < -0.4 is 5.32 Å². The highest BCUT2D eigenvalue weighted by atomic mass is 19.2. The van der Waals surface area contributed by atoms with Crippen molar-refractivity contribution in [2.45, 2.75) is 25.6 Å². The second-order valence-corrected chi connectivity index (χ2v) is 4.08. The molecule has 1 aromatic rings. The normalized spacial score (nSPS) is 14.0. The Bertz CT molecular complexity index is 445. The molecule has 0 saturated carbocycles. The van der Waals surface area contributed by atoms with Gasteiger partial charge in [-0.1, -0.05) is 0 Å². The summed E-state index contributed by atoms with van der Waals surface area (Å²) in [6.45, 7) is 1.38. The van der Waals surface area contributed by atoms with Crippen molar-refractivity contribution in [1.82, 2.24) is 5.32 Å². The first-order valence-electron chi connectivity index (χ1n) is 5.58. The molecule has 0 fully saturated rings. The van der Waals surface area contributed by atoms with E-state index < -0.39 is 29.7 Å². The molecule has 7 heteroatoms. The first kappa shape index (κ1) is 15.5. The molecule has 0 spiro atoms. The first-order chi connectivity index (χ1) is 8.82. The highest BCUT2D eigenvalue weighted by Gasteiger charge is 2.21. The maximum Gasteiger partial charge on any atom is 0.216 e. The number of hydrogen-bond acceptors (Lipinski definition) is 3. The van der Waals surface area contributed by atoms with E-state index >= 15 is 0 Å². The van der Waals surface area contributed by atoms with Crippen LogP contribution in [0.15, 0.2) is 12.1 Å². The number of carbonyl (C=O) groups excluding carboxylic acids is 1. The molecular formula is C12H14F3NO3. The largest absolute Gasteiger partial charge is 0.390 e. The predicted octanol–water partition coefficient (Wildman–Crippen LogP) is 1.02. The molecule has 0 saturated heterocycles. The molecule has 2 unspecified atom stereocenters. The van der Waals surface area contributed by atoms with E-state index in [-0.39, 0.29) is 24.4 Å². The minimum absolute atomic E-state index is 0.0125. The molecule has 19 heavy (non-hydrogen) atoms. The lowest BCUT2D eigenvalue weighted by Crippen LogP contribution is -2.27. The number of aliphatic hydroxyl groups is 2. The zero-order valence-electron chi connectivity index (χ0n) is 10.2. The Balaban J connectivity index is 2.71. The topological polar surface area (TPSA) is 69.6 Å². The fraction of sp³-hybridized carbons (Fsp3) is 0.417. The highest BCUT2D eigenvalue weighted by Crippen LogP contribution is 2.22. The Morgan fingerprint density at radius 1 is 1.26 bits per heavy atom. The van der Waals surface area contributed by atoms with Crippen LogP contribution in [0.4, 0.5) is 13.2 Å². The maximum absolute atomic E-state index is 13.0. The number of benzene rings is 1. The summed E-state index contributed by atoms with van der Waals surface area (Å²) in [6.07, 6.45) is -2.92. The van der Waals surface area contributed by atoms with Gasteiger partial charge in [0.2, 0.25) is 5.91 Å². The third-order valence-corrected chi connectivity index (χ3v) is 2.53. The summed E-state index contributed by atoms with van der Waals surface area (Å²) in [6, 6.07) is 1.23. The van der Waals surface area contributed by atoms with Crippen molar-refractivity contribution in [1.29, 1.82) is 0 Å². The summed E-state index contributed by atoms with van der Waals surface area (Å²) in [4.78, 5) is 10.6. The second kappa shape index (κ2) is 6.53. The van der Waals surface area contributed by atoms with Crippen molar-refractivity contribution in [3.63, 3.8) is 0 Å². The van der Waals surface area contributed by atoms with Crippen molar-refractivity contribution in [3.05, 3.63) is 35.1 Å². The number of halogens is 3. The molecule has 0 heterocycles. The van der Waals surface area contributed by atoms with Crippen molar-refractivity contribution in [2.24, 2.45) is 0 Å². The number of hydrogen-bond donors (Lipinski definition) is 3. The Morgan fingerprint density at radius 3 is 2.26 bits per heavy atom. The van der Waals surface area contributed by atoms with Gasteiger partial charge in [0.15, 0.2) is 17.5 Å². The van der Waals surface area contributed by atoms with Gasteiger partial charge in [-0.3, -0.25) is 4.79 Å². The van der Waals surface area contributed by atoms with Gasteiger partial charge < -0.3 is 15.5 Å². The van der Waals surface area contributed by atoms with Gasteiger partial charge in [-0.25, -0.2) is 13.2 Å². The van der Waals surface area contributed by atoms with Gasteiger partial charge in [0, 0.05) is 13.5 Å². The molecule has 0 bridgehead atoms. The summed E-state index contributed by atoms with van der Waals surface area (Å²) in [7, 11) is 0. The molecule has 3 N–H and O–H groups in total. The Labute approximate surface area is 107 Å². The lowest BCUT2D eigenvalue weighted by Gasteiger charge is -2.18. The van der Waals surface area contributed by atoms with E-state index in [1.807, 2.05) is 0 Å². The summed E-state index contributed by atoms with van der Waals surface area (Å²) in [5, 5.41) is 21.7. The van der Waals surface area contributed by atoms with Crippen molar-refractivity contribution < 1.29 is 28.2 Å². The zero-order valence-corrected chi connectivity index (χ0v) is 10.2. The van der Waals surface area contributed by atoms with Crippen molar-refractivity contribution in [2.75, 3.05) is 6.54 Å². The van der Waals surface area contributed by atoms with Crippen LogP contribution in [0, 0.1) is 17.5 Å². The molecule has 2 atom stereocenters. The van der Waals surface area contributed by atoms with E-state index in [0.717, 1.165) is 0 Å². The fourth-order valence-electron chi connectivity index (χ4n) is 1.52. The number of amides is 1. The number of aliphatic hydroxyl groups excluding tert-OH is 2. The smallest absolute Gasteiger partial charge is 0.216 e. The quantitative estimate of drug-likeness (QED) is 0.704. The summed E-state index contributed by atoms with van der Waals surface area (Å²) in [5.41, 5.74) is -0.272. The molecule has 0 radical (unpaired) electrons. The predicted molar refractivity (Wildman–Crippen MR) is 60.6 cm³/mol. The summed E-state index contributed by atoms with van der Waals surface area (Å²) >= 11 is 0. The molecule has 0 aromatic heterocycles. The van der Waals surface area contributed by atoms with E-state index in [1.165, 1.54) is 6.92 Å². The van der Waals surface area contributed by atoms with Crippen LogP contribution in [0.25, 0.3) is 0 Å². The summed E-state index contributed by atoms with van der Waals surface area (Å²) < 4.78 is 38.6. The Morgan fingerprint density at radius 2 is 1.79 bits per heavy atom. The first-order valence-corrected chi connectivity index (χ1v) is 5.58. The van der Waals surface area contributed by atoms with Crippen LogP contribution in [-0.4, -0.2) is 28.8 Å². The van der Waals surface area contributed by atoms with Gasteiger partial charge in [0.05, 0.1) is 6.10 Å². The number of rotatable bonds is 5. The van der Waals surface area contributed by atoms with Crippen LogP contribution in [0.1, 0.15) is 25.0 Å². The van der Waals surface area contributed by atoms with Gasteiger partial charge >= 0.3 is 0 Å². The zero-order chi connectivity index (χ0) is 14.6. The average Bonchev–Trinajstić information content (AvgIpc) is 2.33. The molecule has 1 rings (SSSR count).